The van der Waals surface area contributed by atoms with E-state index in [0.29, 0.717) is 6.04 Å². The molecular formula is C10H16N2OS. The number of aromatic nitrogens is 1. The number of hydrogen-bond donors (Lipinski definition) is 1. The number of piperidine rings is 1. The summed E-state index contributed by atoms with van der Waals surface area (Å²) in [5, 5.41) is 12.6. The molecule has 0 bridgehead atoms. The molecule has 0 amide bonds. The Kier molecular flexibility index (Phi) is 3.15. The van der Waals surface area contributed by atoms with E-state index >= 15 is 0 Å². The first-order valence-corrected chi connectivity index (χ1v) is 5.97. The van der Waals surface area contributed by atoms with Gasteiger partial charge in [0.05, 0.1) is 12.1 Å². The van der Waals surface area contributed by atoms with E-state index in [1.807, 2.05) is 11.6 Å². The SMILES string of the molecule is C[C@@H](c1nccs1)N1CCC(O)CC1. The van der Waals surface area contributed by atoms with E-state index in [1.54, 1.807) is 11.3 Å². The Hall–Kier alpha value is -0.450. The number of nitrogens with zero attached hydrogens (tertiary/aromatic N) is 2. The summed E-state index contributed by atoms with van der Waals surface area (Å²) in [5.41, 5.74) is 0. The molecular weight excluding hydrogens is 196 g/mol. The fourth-order valence-corrected chi connectivity index (χ4v) is 2.60. The molecule has 3 nitrogen and oxygen atoms in total. The van der Waals surface area contributed by atoms with Gasteiger partial charge in [-0.15, -0.1) is 11.3 Å². The molecule has 1 N–H and O–H groups in total. The number of hydrogen-bond acceptors (Lipinski definition) is 4. The average molecular weight is 212 g/mol. The Bertz CT molecular complexity index is 268. The van der Waals surface area contributed by atoms with Gasteiger partial charge in [0.1, 0.15) is 5.01 Å². The van der Waals surface area contributed by atoms with E-state index in [-0.39, 0.29) is 6.10 Å². The quantitative estimate of drug-likeness (QED) is 0.810. The lowest BCUT2D eigenvalue weighted by Gasteiger charge is -2.33. The fourth-order valence-electron chi connectivity index (χ4n) is 1.87. The van der Waals surface area contributed by atoms with Crippen molar-refractivity contribution in [3.63, 3.8) is 0 Å². The van der Waals surface area contributed by atoms with Gasteiger partial charge in [-0.2, -0.15) is 0 Å². The summed E-state index contributed by atoms with van der Waals surface area (Å²) in [4.78, 5) is 6.72. The normalized spacial score (nSPS) is 22.4. The Morgan fingerprint density at radius 2 is 2.29 bits per heavy atom. The number of aliphatic hydroxyl groups excluding tert-OH is 1. The monoisotopic (exact) mass is 212 g/mol. The summed E-state index contributed by atoms with van der Waals surface area (Å²) in [5.74, 6) is 0. The Labute approximate surface area is 88.4 Å². The molecule has 1 aromatic heterocycles. The summed E-state index contributed by atoms with van der Waals surface area (Å²) in [6.45, 7) is 4.17. The summed E-state index contributed by atoms with van der Waals surface area (Å²) in [6.07, 6.45) is 3.57. The smallest absolute Gasteiger partial charge is 0.109 e. The van der Waals surface area contributed by atoms with Gasteiger partial charge < -0.3 is 5.11 Å². The summed E-state index contributed by atoms with van der Waals surface area (Å²) in [7, 11) is 0. The zero-order valence-electron chi connectivity index (χ0n) is 8.39. The highest BCUT2D eigenvalue weighted by Crippen LogP contribution is 2.25. The Morgan fingerprint density at radius 3 is 2.86 bits per heavy atom. The van der Waals surface area contributed by atoms with E-state index in [9.17, 15) is 5.11 Å². The third-order valence-corrected chi connectivity index (χ3v) is 3.80. The van der Waals surface area contributed by atoms with Crippen LogP contribution in [0.4, 0.5) is 0 Å². The number of rotatable bonds is 2. The topological polar surface area (TPSA) is 36.4 Å². The summed E-state index contributed by atoms with van der Waals surface area (Å²) >= 11 is 1.71. The Balaban J connectivity index is 1.95. The molecule has 78 valence electrons. The molecule has 2 heterocycles. The maximum atomic E-state index is 9.40. The lowest BCUT2D eigenvalue weighted by atomic mass is 10.1. The largest absolute Gasteiger partial charge is 0.393 e. The maximum absolute atomic E-state index is 9.40. The van der Waals surface area contributed by atoms with Crippen molar-refractivity contribution in [3.05, 3.63) is 16.6 Å². The highest BCUT2D eigenvalue weighted by atomic mass is 32.1. The van der Waals surface area contributed by atoms with Crippen LogP contribution in [0.15, 0.2) is 11.6 Å². The molecule has 1 aliphatic rings. The standard InChI is InChI=1S/C10H16N2OS/c1-8(10-11-4-7-14-10)12-5-2-9(13)3-6-12/h4,7-9,13H,2-3,5-6H2,1H3/t8-/m0/s1. The van der Waals surface area contributed by atoms with Gasteiger partial charge >= 0.3 is 0 Å². The molecule has 0 unspecified atom stereocenters. The zero-order chi connectivity index (χ0) is 9.97. The minimum Gasteiger partial charge on any atom is -0.393 e. The zero-order valence-corrected chi connectivity index (χ0v) is 9.20. The summed E-state index contributed by atoms with van der Waals surface area (Å²) in [6, 6.07) is 0.405. The minimum atomic E-state index is -0.0882. The van der Waals surface area contributed by atoms with Gasteiger partial charge in [0.2, 0.25) is 0 Å². The first kappa shape index (κ1) is 10.1. The second-order valence-electron chi connectivity index (χ2n) is 3.81. The van der Waals surface area contributed by atoms with E-state index in [1.165, 1.54) is 5.01 Å². The average Bonchev–Trinajstić information content (AvgIpc) is 2.71. The van der Waals surface area contributed by atoms with Crippen LogP contribution in [0.5, 0.6) is 0 Å². The van der Waals surface area contributed by atoms with Crippen LogP contribution in [0.25, 0.3) is 0 Å². The molecule has 1 aliphatic heterocycles. The fraction of sp³-hybridized carbons (Fsp3) is 0.700. The molecule has 0 radical (unpaired) electrons. The molecule has 0 aromatic carbocycles. The van der Waals surface area contributed by atoms with Gasteiger partial charge in [0, 0.05) is 24.7 Å². The van der Waals surface area contributed by atoms with Crippen LogP contribution in [0, 0.1) is 0 Å². The first-order valence-electron chi connectivity index (χ1n) is 5.09. The highest BCUT2D eigenvalue weighted by molar-refractivity contribution is 7.09. The number of thiazole rings is 1. The summed E-state index contributed by atoms with van der Waals surface area (Å²) < 4.78 is 0. The predicted molar refractivity (Wildman–Crippen MR) is 57.3 cm³/mol. The van der Waals surface area contributed by atoms with Gasteiger partial charge in [0.25, 0.3) is 0 Å². The maximum Gasteiger partial charge on any atom is 0.109 e. The Morgan fingerprint density at radius 1 is 1.57 bits per heavy atom. The second kappa shape index (κ2) is 4.38. The number of aliphatic hydroxyl groups is 1. The van der Waals surface area contributed by atoms with Gasteiger partial charge in [-0.3, -0.25) is 4.90 Å². The molecule has 1 aromatic rings. The minimum absolute atomic E-state index is 0.0882. The highest BCUT2D eigenvalue weighted by Gasteiger charge is 2.23. The third-order valence-electron chi connectivity index (χ3n) is 2.86. The van der Waals surface area contributed by atoms with Crippen molar-refractivity contribution in [3.8, 4) is 0 Å². The van der Waals surface area contributed by atoms with Crippen LogP contribution in [0.1, 0.15) is 30.8 Å². The van der Waals surface area contributed by atoms with Crippen molar-refractivity contribution in [1.82, 2.24) is 9.88 Å². The lowest BCUT2D eigenvalue weighted by molar-refractivity contribution is 0.0644. The number of likely N-dealkylation sites (tertiary alicyclic amines) is 1. The van der Waals surface area contributed by atoms with Gasteiger partial charge in [-0.1, -0.05) is 0 Å². The van der Waals surface area contributed by atoms with E-state index in [2.05, 4.69) is 16.8 Å². The van der Waals surface area contributed by atoms with E-state index < -0.39 is 0 Å². The third kappa shape index (κ3) is 2.13. The van der Waals surface area contributed by atoms with Crippen molar-refractivity contribution in [2.24, 2.45) is 0 Å². The molecule has 14 heavy (non-hydrogen) atoms. The van der Waals surface area contributed by atoms with Crippen molar-refractivity contribution in [1.29, 1.82) is 0 Å². The van der Waals surface area contributed by atoms with Crippen LogP contribution in [-0.2, 0) is 0 Å². The van der Waals surface area contributed by atoms with Crippen LogP contribution >= 0.6 is 11.3 Å². The molecule has 1 fully saturated rings. The van der Waals surface area contributed by atoms with Crippen molar-refractivity contribution < 1.29 is 5.11 Å². The van der Waals surface area contributed by atoms with E-state index in [0.717, 1.165) is 25.9 Å². The molecule has 0 saturated carbocycles. The molecule has 0 spiro atoms. The lowest BCUT2D eigenvalue weighted by Crippen LogP contribution is -2.37. The predicted octanol–water partition coefficient (Wildman–Crippen LogP) is 1.66. The molecule has 1 atom stereocenters. The second-order valence-corrected chi connectivity index (χ2v) is 4.74. The van der Waals surface area contributed by atoms with Gasteiger partial charge in [-0.25, -0.2) is 4.98 Å². The van der Waals surface area contributed by atoms with Crippen LogP contribution in [0.3, 0.4) is 0 Å². The molecule has 4 heteroatoms. The molecule has 1 saturated heterocycles. The molecule has 2 rings (SSSR count). The van der Waals surface area contributed by atoms with Crippen LogP contribution < -0.4 is 0 Å². The van der Waals surface area contributed by atoms with E-state index in [4.69, 9.17) is 0 Å². The van der Waals surface area contributed by atoms with Crippen molar-refractivity contribution >= 4 is 11.3 Å². The molecule has 0 aliphatic carbocycles. The van der Waals surface area contributed by atoms with Crippen molar-refractivity contribution in [2.75, 3.05) is 13.1 Å². The van der Waals surface area contributed by atoms with Gasteiger partial charge in [0.15, 0.2) is 0 Å². The van der Waals surface area contributed by atoms with Crippen LogP contribution in [0.2, 0.25) is 0 Å². The first-order chi connectivity index (χ1) is 6.77. The van der Waals surface area contributed by atoms with Crippen LogP contribution in [-0.4, -0.2) is 34.2 Å². The van der Waals surface area contributed by atoms with Gasteiger partial charge in [-0.05, 0) is 19.8 Å². The van der Waals surface area contributed by atoms with Crippen molar-refractivity contribution in [2.45, 2.75) is 31.9 Å².